The van der Waals surface area contributed by atoms with Crippen LogP contribution in [-0.2, 0) is 6.54 Å². The van der Waals surface area contributed by atoms with E-state index >= 15 is 0 Å². The number of fused-ring (bicyclic) bond motifs is 6. The van der Waals surface area contributed by atoms with E-state index in [0.29, 0.717) is 0 Å². The molecule has 4 N–H and O–H groups in total. The zero-order valence-electron chi connectivity index (χ0n) is 24.2. The van der Waals surface area contributed by atoms with Crippen LogP contribution in [0.1, 0.15) is 48.4 Å². The van der Waals surface area contributed by atoms with Gasteiger partial charge in [-0.3, -0.25) is 0 Å². The molecule has 2 aromatic rings. The summed E-state index contributed by atoms with van der Waals surface area (Å²) < 4.78 is 0. The maximum atomic E-state index is 7.25. The molecule has 3 aliphatic carbocycles. The van der Waals surface area contributed by atoms with Crippen LogP contribution in [0, 0.1) is 5.92 Å². The quantitative estimate of drug-likeness (QED) is 0.353. The predicted octanol–water partition coefficient (Wildman–Crippen LogP) is 7.85. The third kappa shape index (κ3) is 3.84. The highest BCUT2D eigenvalue weighted by atomic mass is 32.1. The van der Waals surface area contributed by atoms with Gasteiger partial charge in [-0.2, -0.15) is 0 Å². The van der Waals surface area contributed by atoms with Gasteiger partial charge in [-0.05, 0) is 104 Å². The molecule has 1 aromatic heterocycles. The molecule has 0 radical (unpaired) electrons. The number of rotatable bonds is 3. The van der Waals surface area contributed by atoms with E-state index in [9.17, 15) is 0 Å². The lowest BCUT2D eigenvalue weighted by Gasteiger charge is -2.41. The Morgan fingerprint density at radius 3 is 2.83 bits per heavy atom. The summed E-state index contributed by atoms with van der Waals surface area (Å²) in [5, 5.41) is 7.12. The summed E-state index contributed by atoms with van der Waals surface area (Å²) in [5.41, 5.74) is 20.0. The summed E-state index contributed by atoms with van der Waals surface area (Å²) in [4.78, 5) is 5.38. The molecule has 42 heavy (non-hydrogen) atoms. The molecule has 3 aliphatic heterocycles. The van der Waals surface area contributed by atoms with Crippen LogP contribution in [0.15, 0.2) is 119 Å². The molecule has 2 unspecified atom stereocenters. The van der Waals surface area contributed by atoms with Crippen molar-refractivity contribution in [3.8, 4) is 11.1 Å². The third-order valence-corrected chi connectivity index (χ3v) is 11.0. The van der Waals surface area contributed by atoms with Crippen molar-refractivity contribution in [1.82, 2.24) is 10.6 Å². The summed E-state index contributed by atoms with van der Waals surface area (Å²) in [5.74, 6) is 0.131. The van der Waals surface area contributed by atoms with E-state index in [1.807, 2.05) is 11.3 Å². The lowest BCUT2D eigenvalue weighted by Crippen LogP contribution is -2.47. The number of nitrogens with one attached hydrogen (secondary N) is 2. The van der Waals surface area contributed by atoms with Crippen LogP contribution >= 0.6 is 11.3 Å². The van der Waals surface area contributed by atoms with Crippen molar-refractivity contribution in [2.45, 2.75) is 51.2 Å². The number of dihydropyridines is 1. The number of nitrogens with two attached hydrogens (primary N) is 1. The molecule has 8 rings (SSSR count). The number of allylic oxidation sites excluding steroid dienone is 8. The maximum absolute atomic E-state index is 7.25. The number of anilines is 1. The van der Waals surface area contributed by atoms with Crippen molar-refractivity contribution in [1.29, 1.82) is 0 Å². The zero-order chi connectivity index (χ0) is 28.4. The number of nitrogens with zero attached hydrogens (tertiary/aromatic N) is 1. The lowest BCUT2D eigenvalue weighted by molar-refractivity contribution is 0.442. The Bertz CT molecular complexity index is 1780. The van der Waals surface area contributed by atoms with Crippen LogP contribution in [-0.4, -0.2) is 11.6 Å². The first kappa shape index (κ1) is 25.6. The van der Waals surface area contributed by atoms with Gasteiger partial charge in [0, 0.05) is 39.0 Å². The monoisotopic (exact) mass is 568 g/mol. The first-order valence-corrected chi connectivity index (χ1v) is 15.9. The van der Waals surface area contributed by atoms with Gasteiger partial charge in [-0.1, -0.05) is 54.7 Å². The van der Waals surface area contributed by atoms with Crippen molar-refractivity contribution >= 4 is 28.7 Å². The molecule has 0 bridgehead atoms. The zero-order valence-corrected chi connectivity index (χ0v) is 25.0. The van der Waals surface area contributed by atoms with Crippen LogP contribution in [0.3, 0.4) is 0 Å². The van der Waals surface area contributed by atoms with E-state index in [4.69, 9.17) is 5.73 Å². The Kier molecular flexibility index (Phi) is 5.95. The van der Waals surface area contributed by atoms with E-state index in [-0.39, 0.29) is 12.0 Å². The van der Waals surface area contributed by atoms with Crippen molar-refractivity contribution in [2.75, 3.05) is 4.90 Å². The van der Waals surface area contributed by atoms with Crippen molar-refractivity contribution < 1.29 is 0 Å². The van der Waals surface area contributed by atoms with Gasteiger partial charge in [-0.15, -0.1) is 11.3 Å². The number of para-hydroxylation sites is 1. The van der Waals surface area contributed by atoms with Crippen LogP contribution in [0.5, 0.6) is 0 Å². The Hall–Kier alpha value is -4.06. The van der Waals surface area contributed by atoms with E-state index in [0.717, 1.165) is 25.8 Å². The first-order valence-electron chi connectivity index (χ1n) is 15.1. The molecule has 6 aliphatic rings. The molecule has 0 saturated heterocycles. The van der Waals surface area contributed by atoms with Crippen LogP contribution < -0.4 is 21.3 Å². The molecule has 3 atom stereocenters. The summed E-state index contributed by atoms with van der Waals surface area (Å²) >= 11 is 1.96. The van der Waals surface area contributed by atoms with Crippen LogP contribution in [0.2, 0.25) is 0 Å². The highest BCUT2D eigenvalue weighted by molar-refractivity contribution is 7.14. The first-order chi connectivity index (χ1) is 20.5. The molecule has 0 amide bonds. The molecule has 0 spiro atoms. The minimum atomic E-state index is -0.506. The van der Waals surface area contributed by atoms with Crippen LogP contribution in [0.25, 0.3) is 22.8 Å². The minimum Gasteiger partial charge on any atom is -0.387 e. The van der Waals surface area contributed by atoms with Gasteiger partial charge >= 0.3 is 0 Å². The maximum Gasteiger partial charge on any atom is 0.0720 e. The largest absolute Gasteiger partial charge is 0.387 e. The molecule has 4 nitrogen and oxygen atoms in total. The fraction of sp³-hybridized carbons (Fsp3) is 0.243. The molecule has 210 valence electrons. The van der Waals surface area contributed by atoms with E-state index in [1.54, 1.807) is 0 Å². The van der Waals surface area contributed by atoms with Gasteiger partial charge in [0.25, 0.3) is 0 Å². The fourth-order valence-electron chi connectivity index (χ4n) is 7.44. The van der Waals surface area contributed by atoms with Crippen LogP contribution in [0.4, 0.5) is 5.69 Å². The summed E-state index contributed by atoms with van der Waals surface area (Å²) in [6.45, 7) is 5.25. The second-order valence-corrected chi connectivity index (χ2v) is 13.2. The highest BCUT2D eigenvalue weighted by Crippen LogP contribution is 2.53. The average Bonchev–Trinajstić information content (AvgIpc) is 3.54. The number of hydrogen-bond acceptors (Lipinski definition) is 5. The fourth-order valence-corrected chi connectivity index (χ4v) is 8.75. The summed E-state index contributed by atoms with van der Waals surface area (Å²) in [7, 11) is 0. The number of thiophene rings is 1. The normalized spacial score (nSPS) is 27.1. The minimum absolute atomic E-state index is 0.120. The molecule has 0 fully saturated rings. The summed E-state index contributed by atoms with van der Waals surface area (Å²) in [6, 6.07) is 9.14. The van der Waals surface area contributed by atoms with Crippen molar-refractivity contribution in [3.05, 3.63) is 135 Å². The van der Waals surface area contributed by atoms with Gasteiger partial charge in [0.05, 0.1) is 23.0 Å². The van der Waals surface area contributed by atoms with Gasteiger partial charge < -0.3 is 21.3 Å². The Labute approximate surface area is 252 Å². The predicted molar refractivity (Wildman–Crippen MR) is 177 cm³/mol. The molecule has 1 aromatic carbocycles. The Balaban J connectivity index is 1.35. The third-order valence-electron chi connectivity index (χ3n) is 9.71. The highest BCUT2D eigenvalue weighted by Gasteiger charge is 2.40. The SMILES string of the molecule is CC1=CC=CNC1C1=CC([C@@]2(N)C=CC=C2C)CC(N2C3=C(CCC=C3)c3sc4c(c3-c3ccccc32)CNC=C4)=C1. The average molecular weight is 569 g/mol. The second kappa shape index (κ2) is 9.75. The van der Waals surface area contributed by atoms with Gasteiger partial charge in [0.15, 0.2) is 0 Å². The number of hydrogen-bond donors (Lipinski definition) is 3. The number of benzene rings is 1. The Morgan fingerprint density at radius 2 is 1.98 bits per heavy atom. The van der Waals surface area contributed by atoms with Gasteiger partial charge in [0.1, 0.15) is 0 Å². The molecule has 0 saturated carbocycles. The summed E-state index contributed by atoms with van der Waals surface area (Å²) in [6.07, 6.45) is 29.8. The molecule has 5 heteroatoms. The molecular weight excluding hydrogens is 533 g/mol. The van der Waals surface area contributed by atoms with E-state index in [2.05, 4.69) is 127 Å². The topological polar surface area (TPSA) is 53.3 Å². The lowest BCUT2D eigenvalue weighted by atomic mass is 9.74. The smallest absolute Gasteiger partial charge is 0.0720 e. The second-order valence-electron chi connectivity index (χ2n) is 12.1. The van der Waals surface area contributed by atoms with Gasteiger partial charge in [0.2, 0.25) is 0 Å². The van der Waals surface area contributed by atoms with Gasteiger partial charge in [-0.25, -0.2) is 0 Å². The standard InChI is InChI=1S/C37H36N4S/c1-23-9-8-17-40-35(23)25-19-26(37(38)16-7-10-24(37)2)21-27(20-25)41-31-13-5-3-11-28(31)34-30-22-39-18-15-33(30)42-36(34)29-12-4-6-14-32(29)41/h3,5-11,13-20,26,35,39-40H,4,12,21-22,38H2,1-2H3/t26?,35?,37-/m1/s1. The Morgan fingerprint density at radius 1 is 1.07 bits per heavy atom. The van der Waals surface area contributed by atoms with E-state index in [1.165, 1.54) is 65.8 Å². The molecule has 4 heterocycles. The van der Waals surface area contributed by atoms with Crippen molar-refractivity contribution in [3.63, 3.8) is 0 Å². The van der Waals surface area contributed by atoms with E-state index < -0.39 is 5.54 Å². The molecular formula is C37H36N4S. The van der Waals surface area contributed by atoms with Crippen molar-refractivity contribution in [2.24, 2.45) is 11.7 Å².